The normalized spacial score (nSPS) is 11.2. The van der Waals surface area contributed by atoms with Crippen molar-refractivity contribution in [3.8, 4) is 11.5 Å². The van der Waals surface area contributed by atoms with Gasteiger partial charge >= 0.3 is 0 Å². The van der Waals surface area contributed by atoms with E-state index in [-0.39, 0.29) is 0 Å². The van der Waals surface area contributed by atoms with E-state index in [1.165, 1.54) is 11.1 Å². The molecular weight excluding hydrogens is 396 g/mol. The van der Waals surface area contributed by atoms with E-state index in [9.17, 15) is 0 Å². The van der Waals surface area contributed by atoms with Gasteiger partial charge in [0.15, 0.2) is 0 Å². The van der Waals surface area contributed by atoms with Crippen LogP contribution in [0.1, 0.15) is 50.1 Å². The minimum absolute atomic E-state index is 0.440. The Hall–Kier alpha value is -3.27. The summed E-state index contributed by atoms with van der Waals surface area (Å²) in [5.41, 5.74) is 4.77. The van der Waals surface area contributed by atoms with Crippen molar-refractivity contribution in [3.05, 3.63) is 89.7 Å². The van der Waals surface area contributed by atoms with Gasteiger partial charge in [-0.2, -0.15) is 0 Å². The molecule has 0 aliphatic heterocycles. The van der Waals surface area contributed by atoms with E-state index in [4.69, 9.17) is 14.5 Å². The highest BCUT2D eigenvalue weighted by molar-refractivity contribution is 5.75. The predicted molar refractivity (Wildman–Crippen MR) is 131 cm³/mol. The first kappa shape index (κ1) is 21.9. The third kappa shape index (κ3) is 5.31. The quantitative estimate of drug-likeness (QED) is 0.262. The van der Waals surface area contributed by atoms with Crippen LogP contribution in [-0.4, -0.2) is 16.2 Å². The Balaban J connectivity index is 1.40. The largest absolute Gasteiger partial charge is 0.494 e. The van der Waals surface area contributed by atoms with Crippen molar-refractivity contribution >= 4 is 11.0 Å². The average Bonchev–Trinajstić information content (AvgIpc) is 3.18. The minimum atomic E-state index is 0.440. The Labute approximate surface area is 190 Å². The highest BCUT2D eigenvalue weighted by Gasteiger charge is 2.11. The molecule has 4 rings (SSSR count). The Kier molecular flexibility index (Phi) is 7.10. The zero-order valence-electron chi connectivity index (χ0n) is 19.3. The standard InChI is InChI=1S/C28H32N2O2/c1-4-22-10-14-24(15-11-22)31-19-7-18-30-27-9-6-5-8-26(27)29-28(30)20-32-25-16-12-23(13-17-25)21(2)3/h5-6,8-17,21H,4,7,18-20H2,1-3H3. The van der Waals surface area contributed by atoms with Crippen LogP contribution in [0, 0.1) is 0 Å². The number of benzene rings is 3. The molecule has 0 spiro atoms. The molecule has 3 aromatic carbocycles. The van der Waals surface area contributed by atoms with Gasteiger partial charge in [-0.15, -0.1) is 0 Å². The second-order valence-electron chi connectivity index (χ2n) is 8.38. The summed E-state index contributed by atoms with van der Waals surface area (Å²) in [6.45, 7) is 8.49. The van der Waals surface area contributed by atoms with E-state index in [0.29, 0.717) is 19.1 Å². The summed E-state index contributed by atoms with van der Waals surface area (Å²) in [7, 11) is 0. The Morgan fingerprint density at radius 3 is 2.25 bits per heavy atom. The van der Waals surface area contributed by atoms with Gasteiger partial charge in [-0.25, -0.2) is 4.98 Å². The highest BCUT2D eigenvalue weighted by Crippen LogP contribution is 2.21. The van der Waals surface area contributed by atoms with Crippen molar-refractivity contribution in [2.45, 2.75) is 52.7 Å². The Morgan fingerprint density at radius 1 is 0.844 bits per heavy atom. The number of nitrogens with zero attached hydrogens (tertiary/aromatic N) is 2. The van der Waals surface area contributed by atoms with E-state index in [1.807, 2.05) is 18.2 Å². The summed E-state index contributed by atoms with van der Waals surface area (Å²) < 4.78 is 14.3. The molecule has 0 bridgehead atoms. The number of hydrogen-bond donors (Lipinski definition) is 0. The number of aromatic nitrogens is 2. The zero-order valence-corrected chi connectivity index (χ0v) is 19.3. The number of rotatable bonds is 10. The summed E-state index contributed by atoms with van der Waals surface area (Å²) in [6, 6.07) is 25.0. The van der Waals surface area contributed by atoms with E-state index >= 15 is 0 Å². The summed E-state index contributed by atoms with van der Waals surface area (Å²) >= 11 is 0. The first-order chi connectivity index (χ1) is 15.6. The van der Waals surface area contributed by atoms with Gasteiger partial charge in [0.05, 0.1) is 17.6 Å². The molecule has 0 saturated heterocycles. The van der Waals surface area contributed by atoms with Crippen molar-refractivity contribution in [2.24, 2.45) is 0 Å². The van der Waals surface area contributed by atoms with Crippen molar-refractivity contribution in [3.63, 3.8) is 0 Å². The maximum atomic E-state index is 6.08. The van der Waals surface area contributed by atoms with Crippen LogP contribution in [0.25, 0.3) is 11.0 Å². The van der Waals surface area contributed by atoms with E-state index < -0.39 is 0 Å². The van der Waals surface area contributed by atoms with Gasteiger partial charge in [-0.05, 0) is 66.3 Å². The average molecular weight is 429 g/mol. The van der Waals surface area contributed by atoms with E-state index in [0.717, 1.165) is 47.7 Å². The Bertz CT molecular complexity index is 1130. The minimum Gasteiger partial charge on any atom is -0.494 e. The van der Waals surface area contributed by atoms with Crippen molar-refractivity contribution in [1.82, 2.24) is 9.55 Å². The molecule has 32 heavy (non-hydrogen) atoms. The molecule has 4 aromatic rings. The van der Waals surface area contributed by atoms with Crippen LogP contribution in [0.3, 0.4) is 0 Å². The zero-order chi connectivity index (χ0) is 22.3. The summed E-state index contributed by atoms with van der Waals surface area (Å²) in [5.74, 6) is 3.24. The van der Waals surface area contributed by atoms with Crippen LogP contribution in [0.4, 0.5) is 0 Å². The lowest BCUT2D eigenvalue weighted by Gasteiger charge is -2.12. The molecule has 0 aliphatic carbocycles. The lowest BCUT2D eigenvalue weighted by molar-refractivity contribution is 0.280. The molecule has 1 heterocycles. The van der Waals surface area contributed by atoms with Crippen molar-refractivity contribution < 1.29 is 9.47 Å². The fourth-order valence-electron chi connectivity index (χ4n) is 3.82. The topological polar surface area (TPSA) is 36.3 Å². The number of ether oxygens (including phenoxy) is 2. The van der Waals surface area contributed by atoms with Crippen LogP contribution in [0.5, 0.6) is 11.5 Å². The molecule has 1 aromatic heterocycles. The highest BCUT2D eigenvalue weighted by atomic mass is 16.5. The molecule has 0 amide bonds. The first-order valence-corrected chi connectivity index (χ1v) is 11.5. The lowest BCUT2D eigenvalue weighted by Crippen LogP contribution is -2.10. The maximum Gasteiger partial charge on any atom is 0.147 e. The van der Waals surface area contributed by atoms with Gasteiger partial charge < -0.3 is 14.0 Å². The van der Waals surface area contributed by atoms with Crippen LogP contribution < -0.4 is 9.47 Å². The van der Waals surface area contributed by atoms with Crippen LogP contribution in [0.15, 0.2) is 72.8 Å². The van der Waals surface area contributed by atoms with Crippen molar-refractivity contribution in [2.75, 3.05) is 6.61 Å². The molecule has 0 fully saturated rings. The fraction of sp³-hybridized carbons (Fsp3) is 0.321. The second kappa shape index (κ2) is 10.4. The molecule has 0 aliphatic rings. The number of para-hydroxylation sites is 2. The predicted octanol–water partition coefficient (Wildman–Crippen LogP) is 6.77. The molecule has 166 valence electrons. The van der Waals surface area contributed by atoms with E-state index in [1.54, 1.807) is 0 Å². The lowest BCUT2D eigenvalue weighted by atomic mass is 10.0. The molecule has 4 heteroatoms. The summed E-state index contributed by atoms with van der Waals surface area (Å²) in [5, 5.41) is 0. The smallest absolute Gasteiger partial charge is 0.147 e. The number of aryl methyl sites for hydroxylation is 2. The molecular formula is C28H32N2O2. The molecule has 0 atom stereocenters. The number of hydrogen-bond acceptors (Lipinski definition) is 3. The van der Waals surface area contributed by atoms with Crippen molar-refractivity contribution in [1.29, 1.82) is 0 Å². The van der Waals surface area contributed by atoms with Gasteiger partial charge in [0.1, 0.15) is 23.9 Å². The van der Waals surface area contributed by atoms with E-state index in [2.05, 4.69) is 79.9 Å². The third-order valence-corrected chi connectivity index (χ3v) is 5.77. The number of imidazole rings is 1. The Morgan fingerprint density at radius 2 is 1.53 bits per heavy atom. The van der Waals surface area contributed by atoms with Gasteiger partial charge in [0.25, 0.3) is 0 Å². The monoisotopic (exact) mass is 428 g/mol. The third-order valence-electron chi connectivity index (χ3n) is 5.77. The van der Waals surface area contributed by atoms with Gasteiger partial charge in [0, 0.05) is 6.54 Å². The second-order valence-corrected chi connectivity index (χ2v) is 8.38. The molecule has 0 N–H and O–H groups in total. The van der Waals surface area contributed by atoms with Gasteiger partial charge in [-0.1, -0.05) is 57.2 Å². The molecule has 0 unspecified atom stereocenters. The number of fused-ring (bicyclic) bond motifs is 1. The van der Waals surface area contributed by atoms with Crippen LogP contribution in [-0.2, 0) is 19.6 Å². The van der Waals surface area contributed by atoms with Gasteiger partial charge in [-0.3, -0.25) is 0 Å². The summed E-state index contributed by atoms with van der Waals surface area (Å²) in [4.78, 5) is 4.83. The molecule has 4 nitrogen and oxygen atoms in total. The van der Waals surface area contributed by atoms with Crippen LogP contribution in [0.2, 0.25) is 0 Å². The first-order valence-electron chi connectivity index (χ1n) is 11.5. The summed E-state index contributed by atoms with van der Waals surface area (Å²) in [6.07, 6.45) is 1.94. The SMILES string of the molecule is CCc1ccc(OCCCn2c(COc3ccc(C(C)C)cc3)nc3ccccc32)cc1. The fourth-order valence-corrected chi connectivity index (χ4v) is 3.82. The molecule has 0 radical (unpaired) electrons. The van der Waals surface area contributed by atoms with Crippen LogP contribution >= 0.6 is 0 Å². The maximum absolute atomic E-state index is 6.08. The van der Waals surface area contributed by atoms with Gasteiger partial charge in [0.2, 0.25) is 0 Å². The molecule has 0 saturated carbocycles.